The minimum Gasteiger partial charge on any atom is -0.508 e. The Kier molecular flexibility index (Phi) is 4.45. The highest BCUT2D eigenvalue weighted by Crippen LogP contribution is 2.27. The smallest absolute Gasteiger partial charge is 0.233 e. The fraction of sp³-hybridized carbons (Fsp3) is 0.417. The molecule has 1 rings (SSSR count). The Balaban J connectivity index is 2.84. The number of benzene rings is 1. The molecule has 0 aromatic heterocycles. The molecule has 0 saturated heterocycles. The molecule has 0 spiro atoms. The fourth-order valence-corrected chi connectivity index (χ4v) is 1.54. The Hall–Kier alpha value is -1.62. The molecule has 94 valence electrons. The second-order valence-corrected chi connectivity index (χ2v) is 3.97. The van der Waals surface area contributed by atoms with E-state index in [1.807, 2.05) is 0 Å². The van der Waals surface area contributed by atoms with Gasteiger partial charge in [-0.2, -0.15) is 0 Å². The van der Waals surface area contributed by atoms with Crippen LogP contribution in [0, 0.1) is 5.82 Å². The molecule has 0 fully saturated rings. The van der Waals surface area contributed by atoms with Crippen molar-refractivity contribution < 1.29 is 14.3 Å². The molecule has 1 aromatic rings. The van der Waals surface area contributed by atoms with E-state index in [-0.39, 0.29) is 24.2 Å². The Labute approximate surface area is 100 Å². The van der Waals surface area contributed by atoms with E-state index in [0.717, 1.165) is 0 Å². The summed E-state index contributed by atoms with van der Waals surface area (Å²) in [6.07, 6.45) is 0. The number of nitrogens with zero attached hydrogens (tertiary/aromatic N) is 1. The molecule has 2 N–H and O–H groups in total. The van der Waals surface area contributed by atoms with E-state index in [4.69, 9.17) is 0 Å². The van der Waals surface area contributed by atoms with Crippen LogP contribution in [0.2, 0.25) is 0 Å². The lowest BCUT2D eigenvalue weighted by atomic mass is 10.1. The molecule has 1 unspecified atom stereocenters. The maximum atomic E-state index is 13.1. The van der Waals surface area contributed by atoms with E-state index in [2.05, 4.69) is 5.32 Å². The quantitative estimate of drug-likeness (QED) is 0.833. The van der Waals surface area contributed by atoms with Crippen LogP contribution >= 0.6 is 0 Å². The molecule has 1 amide bonds. The van der Waals surface area contributed by atoms with Crippen LogP contribution < -0.4 is 5.32 Å². The van der Waals surface area contributed by atoms with E-state index in [1.165, 1.54) is 18.2 Å². The number of rotatable bonds is 4. The van der Waals surface area contributed by atoms with Gasteiger partial charge < -0.3 is 10.4 Å². The number of carbonyl (C=O) groups excluding carboxylic acids is 1. The highest BCUT2D eigenvalue weighted by Gasteiger charge is 2.17. The molecule has 17 heavy (non-hydrogen) atoms. The minimum atomic E-state index is -0.405. The summed E-state index contributed by atoms with van der Waals surface area (Å²) < 4.78 is 13.1. The topological polar surface area (TPSA) is 52.6 Å². The zero-order valence-electron chi connectivity index (χ0n) is 10.2. The minimum absolute atomic E-state index is 0.0302. The van der Waals surface area contributed by atoms with Crippen molar-refractivity contribution in [1.82, 2.24) is 10.2 Å². The lowest BCUT2D eigenvalue weighted by molar-refractivity contribution is -0.121. The third-order valence-electron chi connectivity index (χ3n) is 2.77. The number of carbonyl (C=O) groups is 1. The van der Waals surface area contributed by atoms with Crippen molar-refractivity contribution in [3.63, 3.8) is 0 Å². The highest BCUT2D eigenvalue weighted by atomic mass is 19.1. The van der Waals surface area contributed by atoms with Crippen molar-refractivity contribution >= 4 is 5.91 Å². The first kappa shape index (κ1) is 13.4. The first-order chi connectivity index (χ1) is 7.95. The molecule has 1 aromatic carbocycles. The van der Waals surface area contributed by atoms with Crippen molar-refractivity contribution in [2.45, 2.75) is 13.0 Å². The summed E-state index contributed by atoms with van der Waals surface area (Å²) in [4.78, 5) is 12.9. The number of hydrogen-bond donors (Lipinski definition) is 2. The molecule has 4 nitrogen and oxygen atoms in total. The number of phenolic OH excluding ortho intramolecular Hbond substituents is 1. The SMILES string of the molecule is CNC(=O)CN(C)C(C)c1cc(F)ccc1O. The fourth-order valence-electron chi connectivity index (χ4n) is 1.54. The number of nitrogens with one attached hydrogen (secondary N) is 1. The summed E-state index contributed by atoms with van der Waals surface area (Å²) >= 11 is 0. The number of phenols is 1. The highest BCUT2D eigenvalue weighted by molar-refractivity contribution is 5.77. The van der Waals surface area contributed by atoms with Gasteiger partial charge in [-0.3, -0.25) is 9.69 Å². The summed E-state index contributed by atoms with van der Waals surface area (Å²) in [6.45, 7) is 1.99. The van der Waals surface area contributed by atoms with Gasteiger partial charge in [0.2, 0.25) is 5.91 Å². The van der Waals surface area contributed by atoms with Crippen LogP contribution in [0.4, 0.5) is 4.39 Å². The molecule has 5 heteroatoms. The van der Waals surface area contributed by atoms with Gasteiger partial charge in [-0.15, -0.1) is 0 Å². The molecule has 0 saturated carbocycles. The van der Waals surface area contributed by atoms with Gasteiger partial charge in [0.05, 0.1) is 6.54 Å². The normalized spacial score (nSPS) is 12.5. The Bertz CT molecular complexity index is 409. The van der Waals surface area contributed by atoms with E-state index in [0.29, 0.717) is 5.56 Å². The average molecular weight is 240 g/mol. The molecule has 0 aliphatic rings. The molecular formula is C12H17FN2O2. The van der Waals surface area contributed by atoms with Gasteiger partial charge in [-0.25, -0.2) is 4.39 Å². The van der Waals surface area contributed by atoms with Crippen LogP contribution in [0.25, 0.3) is 0 Å². The molecular weight excluding hydrogens is 223 g/mol. The summed E-state index contributed by atoms with van der Waals surface area (Å²) in [6, 6.07) is 3.54. The van der Waals surface area contributed by atoms with Crippen molar-refractivity contribution in [1.29, 1.82) is 0 Å². The van der Waals surface area contributed by atoms with Gasteiger partial charge in [-0.05, 0) is 32.2 Å². The van der Waals surface area contributed by atoms with Gasteiger partial charge in [0, 0.05) is 18.7 Å². The Morgan fingerprint density at radius 2 is 2.24 bits per heavy atom. The molecule has 0 radical (unpaired) electrons. The number of likely N-dealkylation sites (N-methyl/N-ethyl adjacent to an activating group) is 2. The van der Waals surface area contributed by atoms with Crippen LogP contribution in [0.3, 0.4) is 0 Å². The van der Waals surface area contributed by atoms with Gasteiger partial charge >= 0.3 is 0 Å². The summed E-state index contributed by atoms with van der Waals surface area (Å²) in [7, 11) is 3.30. The molecule has 0 bridgehead atoms. The third kappa shape index (κ3) is 3.42. The standard InChI is InChI=1S/C12H17FN2O2/c1-8(15(3)7-12(17)14-2)10-6-9(13)4-5-11(10)16/h4-6,8,16H,7H2,1-3H3,(H,14,17). The summed E-state index contributed by atoms with van der Waals surface area (Å²) in [5.41, 5.74) is 0.469. The zero-order valence-corrected chi connectivity index (χ0v) is 10.2. The average Bonchev–Trinajstić information content (AvgIpc) is 2.31. The maximum Gasteiger partial charge on any atom is 0.233 e. The predicted molar refractivity (Wildman–Crippen MR) is 63.2 cm³/mol. The van der Waals surface area contributed by atoms with E-state index in [9.17, 15) is 14.3 Å². The number of hydrogen-bond acceptors (Lipinski definition) is 3. The third-order valence-corrected chi connectivity index (χ3v) is 2.77. The Morgan fingerprint density at radius 3 is 2.82 bits per heavy atom. The maximum absolute atomic E-state index is 13.1. The molecule has 0 heterocycles. The molecule has 0 aliphatic heterocycles. The predicted octanol–water partition coefficient (Wildman–Crippen LogP) is 1.27. The first-order valence-electron chi connectivity index (χ1n) is 5.35. The van der Waals surface area contributed by atoms with Crippen molar-refractivity contribution in [3.8, 4) is 5.75 Å². The Morgan fingerprint density at radius 1 is 1.59 bits per heavy atom. The van der Waals surface area contributed by atoms with Gasteiger partial charge in [0.1, 0.15) is 11.6 Å². The molecule has 1 atom stereocenters. The van der Waals surface area contributed by atoms with Crippen LogP contribution in [-0.2, 0) is 4.79 Å². The van der Waals surface area contributed by atoms with E-state index >= 15 is 0 Å². The van der Waals surface area contributed by atoms with E-state index < -0.39 is 5.82 Å². The lowest BCUT2D eigenvalue weighted by Gasteiger charge is -2.24. The van der Waals surface area contributed by atoms with E-state index in [1.54, 1.807) is 25.9 Å². The zero-order chi connectivity index (χ0) is 13.0. The van der Waals surface area contributed by atoms with Crippen molar-refractivity contribution in [2.24, 2.45) is 0 Å². The monoisotopic (exact) mass is 240 g/mol. The van der Waals surface area contributed by atoms with Gasteiger partial charge in [0.25, 0.3) is 0 Å². The number of aromatic hydroxyl groups is 1. The first-order valence-corrected chi connectivity index (χ1v) is 5.35. The van der Waals surface area contributed by atoms with Gasteiger partial charge in [-0.1, -0.05) is 0 Å². The van der Waals surface area contributed by atoms with Crippen LogP contribution in [0.5, 0.6) is 5.75 Å². The van der Waals surface area contributed by atoms with Crippen molar-refractivity contribution in [2.75, 3.05) is 20.6 Å². The second kappa shape index (κ2) is 5.63. The largest absolute Gasteiger partial charge is 0.508 e. The van der Waals surface area contributed by atoms with Crippen LogP contribution in [-0.4, -0.2) is 36.6 Å². The number of amides is 1. The van der Waals surface area contributed by atoms with Crippen molar-refractivity contribution in [3.05, 3.63) is 29.6 Å². The second-order valence-electron chi connectivity index (χ2n) is 3.97. The number of halogens is 1. The van der Waals surface area contributed by atoms with Crippen LogP contribution in [0.1, 0.15) is 18.5 Å². The summed E-state index contributed by atoms with van der Waals surface area (Å²) in [5, 5.41) is 12.2. The lowest BCUT2D eigenvalue weighted by Crippen LogP contribution is -2.34. The molecule has 0 aliphatic carbocycles. The van der Waals surface area contributed by atoms with Crippen LogP contribution in [0.15, 0.2) is 18.2 Å². The summed E-state index contributed by atoms with van der Waals surface area (Å²) in [5.74, 6) is -0.504. The van der Waals surface area contributed by atoms with Gasteiger partial charge in [0.15, 0.2) is 0 Å².